The van der Waals surface area contributed by atoms with Crippen LogP contribution in [0.3, 0.4) is 0 Å². The Kier molecular flexibility index (Phi) is 0.786. The Morgan fingerprint density at radius 2 is 1.85 bits per heavy atom. The summed E-state index contributed by atoms with van der Waals surface area (Å²) in [5.41, 5.74) is 0.435. The van der Waals surface area contributed by atoms with Crippen molar-refractivity contribution in [2.45, 2.75) is 19.3 Å². The van der Waals surface area contributed by atoms with Gasteiger partial charge in [0.2, 0.25) is 0 Å². The maximum absolute atomic E-state index is 11.4. The molecule has 5 atom stereocenters. The standard InChI is InChI=1S/C10H10O3/c11-8-6-4-1-2-10(4)3-5(10)7(6)9(12)13-8/h4-7H,1-3H2. The zero-order valence-electron chi connectivity index (χ0n) is 7.16. The van der Waals surface area contributed by atoms with Gasteiger partial charge in [-0.2, -0.15) is 0 Å². The molecule has 68 valence electrons. The van der Waals surface area contributed by atoms with Crippen LogP contribution in [0.4, 0.5) is 0 Å². The van der Waals surface area contributed by atoms with E-state index in [1.54, 1.807) is 0 Å². The van der Waals surface area contributed by atoms with Crippen molar-refractivity contribution in [3.8, 4) is 0 Å². The monoisotopic (exact) mass is 178 g/mol. The Morgan fingerprint density at radius 1 is 1.15 bits per heavy atom. The van der Waals surface area contributed by atoms with Crippen LogP contribution in [0.5, 0.6) is 0 Å². The SMILES string of the molecule is O=C1OC(=O)C2C1C1CCC13CC23. The van der Waals surface area contributed by atoms with Gasteiger partial charge in [-0.15, -0.1) is 0 Å². The first-order valence-electron chi connectivity index (χ1n) is 4.99. The normalized spacial score (nSPS) is 60.6. The van der Waals surface area contributed by atoms with Gasteiger partial charge in [0.1, 0.15) is 0 Å². The smallest absolute Gasteiger partial charge is 0.317 e. The summed E-state index contributed by atoms with van der Waals surface area (Å²) in [4.78, 5) is 22.8. The summed E-state index contributed by atoms with van der Waals surface area (Å²) >= 11 is 0. The summed E-state index contributed by atoms with van der Waals surface area (Å²) in [6.45, 7) is 0. The summed E-state index contributed by atoms with van der Waals surface area (Å²) in [6, 6.07) is 0. The second-order valence-corrected chi connectivity index (χ2v) is 4.98. The quantitative estimate of drug-likeness (QED) is 0.405. The molecule has 0 radical (unpaired) electrons. The van der Waals surface area contributed by atoms with Crippen molar-refractivity contribution in [2.75, 3.05) is 0 Å². The molecule has 4 aliphatic rings. The van der Waals surface area contributed by atoms with Crippen LogP contribution in [0.1, 0.15) is 19.3 Å². The first-order chi connectivity index (χ1) is 6.24. The third-order valence-corrected chi connectivity index (χ3v) is 4.84. The average molecular weight is 178 g/mol. The molecule has 1 spiro atoms. The molecule has 4 rings (SSSR count). The largest absolute Gasteiger partial charge is 0.393 e. The highest BCUT2D eigenvalue weighted by molar-refractivity contribution is 5.98. The van der Waals surface area contributed by atoms with E-state index in [1.807, 2.05) is 0 Å². The number of hydrogen-bond donors (Lipinski definition) is 0. The molecule has 1 heterocycles. The second kappa shape index (κ2) is 1.56. The molecule has 5 unspecified atom stereocenters. The van der Waals surface area contributed by atoms with Crippen LogP contribution in [-0.2, 0) is 14.3 Å². The van der Waals surface area contributed by atoms with E-state index in [1.165, 1.54) is 12.8 Å². The van der Waals surface area contributed by atoms with Gasteiger partial charge in [-0.05, 0) is 36.5 Å². The average Bonchev–Trinajstić information content (AvgIpc) is 2.68. The Bertz CT molecular complexity index is 334. The van der Waals surface area contributed by atoms with Crippen molar-refractivity contribution in [3.05, 3.63) is 0 Å². The van der Waals surface area contributed by atoms with E-state index in [4.69, 9.17) is 4.74 Å². The first kappa shape index (κ1) is 6.57. The second-order valence-electron chi connectivity index (χ2n) is 4.98. The number of ether oxygens (including phenoxy) is 1. The van der Waals surface area contributed by atoms with E-state index < -0.39 is 0 Å². The van der Waals surface area contributed by atoms with Crippen LogP contribution in [-0.4, -0.2) is 11.9 Å². The third-order valence-electron chi connectivity index (χ3n) is 4.84. The molecule has 0 amide bonds. The molecule has 0 aromatic heterocycles. The third kappa shape index (κ3) is 0.478. The van der Waals surface area contributed by atoms with E-state index in [-0.39, 0.29) is 23.8 Å². The van der Waals surface area contributed by atoms with Gasteiger partial charge < -0.3 is 4.74 Å². The van der Waals surface area contributed by atoms with E-state index in [0.29, 0.717) is 17.3 Å². The Hall–Kier alpha value is -0.860. The number of carbonyl (C=O) groups excluding carboxylic acids is 2. The van der Waals surface area contributed by atoms with Crippen molar-refractivity contribution < 1.29 is 14.3 Å². The van der Waals surface area contributed by atoms with Gasteiger partial charge in [-0.3, -0.25) is 9.59 Å². The maximum atomic E-state index is 11.4. The zero-order chi connectivity index (χ0) is 8.79. The van der Waals surface area contributed by atoms with E-state index >= 15 is 0 Å². The lowest BCUT2D eigenvalue weighted by atomic mass is 9.67. The molecule has 3 nitrogen and oxygen atoms in total. The minimum Gasteiger partial charge on any atom is -0.393 e. The number of carbonyl (C=O) groups is 2. The lowest BCUT2D eigenvalue weighted by molar-refractivity contribution is -0.155. The molecule has 0 aromatic carbocycles. The molecule has 3 saturated carbocycles. The summed E-state index contributed by atoms with van der Waals surface area (Å²) in [5, 5.41) is 0. The van der Waals surface area contributed by atoms with Crippen LogP contribution in [0.25, 0.3) is 0 Å². The van der Waals surface area contributed by atoms with Gasteiger partial charge in [0.15, 0.2) is 0 Å². The van der Waals surface area contributed by atoms with Crippen molar-refractivity contribution >= 4 is 11.9 Å². The number of esters is 2. The van der Waals surface area contributed by atoms with Gasteiger partial charge in [0, 0.05) is 0 Å². The molecule has 1 saturated heterocycles. The lowest BCUT2D eigenvalue weighted by Crippen LogP contribution is -2.33. The fraction of sp³-hybridized carbons (Fsp3) is 0.800. The summed E-state index contributed by atoms with van der Waals surface area (Å²) < 4.78 is 4.70. The van der Waals surface area contributed by atoms with Crippen LogP contribution in [0.15, 0.2) is 0 Å². The summed E-state index contributed by atoms with van der Waals surface area (Å²) in [6.07, 6.45) is 3.57. The molecule has 0 bridgehead atoms. The van der Waals surface area contributed by atoms with Gasteiger partial charge in [0.25, 0.3) is 0 Å². The highest BCUT2D eigenvalue weighted by atomic mass is 16.6. The Morgan fingerprint density at radius 3 is 2.46 bits per heavy atom. The minimum absolute atomic E-state index is 0.0417. The van der Waals surface area contributed by atoms with Gasteiger partial charge in [0.05, 0.1) is 11.8 Å². The Balaban J connectivity index is 1.84. The molecule has 0 N–H and O–H groups in total. The first-order valence-corrected chi connectivity index (χ1v) is 4.99. The maximum Gasteiger partial charge on any atom is 0.317 e. The molecule has 3 heteroatoms. The van der Waals surface area contributed by atoms with E-state index in [0.717, 1.165) is 6.42 Å². The fourth-order valence-electron chi connectivity index (χ4n) is 4.13. The predicted molar refractivity (Wildman–Crippen MR) is 41.3 cm³/mol. The molecule has 1 aliphatic heterocycles. The Labute approximate surface area is 75.4 Å². The van der Waals surface area contributed by atoms with E-state index in [2.05, 4.69) is 0 Å². The highest BCUT2D eigenvalue weighted by Crippen LogP contribution is 2.80. The predicted octanol–water partition coefficient (Wildman–Crippen LogP) is 0.732. The number of hydrogen-bond acceptors (Lipinski definition) is 3. The minimum atomic E-state index is -0.230. The number of cyclic esters (lactones) is 2. The van der Waals surface area contributed by atoms with Crippen molar-refractivity contribution in [2.24, 2.45) is 29.1 Å². The summed E-state index contributed by atoms with van der Waals surface area (Å²) in [5.74, 6) is 0.467. The van der Waals surface area contributed by atoms with E-state index in [9.17, 15) is 9.59 Å². The molecular weight excluding hydrogens is 168 g/mol. The summed E-state index contributed by atoms with van der Waals surface area (Å²) in [7, 11) is 0. The van der Waals surface area contributed by atoms with Crippen LogP contribution in [0.2, 0.25) is 0 Å². The zero-order valence-corrected chi connectivity index (χ0v) is 7.16. The molecule has 0 aromatic rings. The highest BCUT2D eigenvalue weighted by Gasteiger charge is 2.79. The lowest BCUT2D eigenvalue weighted by Gasteiger charge is -2.36. The van der Waals surface area contributed by atoms with Gasteiger partial charge in [-0.25, -0.2) is 0 Å². The molecule has 13 heavy (non-hydrogen) atoms. The van der Waals surface area contributed by atoms with Crippen molar-refractivity contribution in [1.29, 1.82) is 0 Å². The molecule has 4 fully saturated rings. The number of rotatable bonds is 0. The number of fused-ring (bicyclic) bond motifs is 3. The van der Waals surface area contributed by atoms with Crippen molar-refractivity contribution in [1.82, 2.24) is 0 Å². The van der Waals surface area contributed by atoms with Crippen LogP contribution in [0, 0.1) is 29.1 Å². The van der Waals surface area contributed by atoms with Gasteiger partial charge >= 0.3 is 11.9 Å². The van der Waals surface area contributed by atoms with Crippen molar-refractivity contribution in [3.63, 3.8) is 0 Å². The van der Waals surface area contributed by atoms with Crippen LogP contribution >= 0.6 is 0 Å². The van der Waals surface area contributed by atoms with Gasteiger partial charge in [-0.1, -0.05) is 0 Å². The molecular formula is C10H10O3. The van der Waals surface area contributed by atoms with Crippen LogP contribution < -0.4 is 0 Å². The fourth-order valence-corrected chi connectivity index (χ4v) is 4.13. The molecule has 3 aliphatic carbocycles. The topological polar surface area (TPSA) is 43.4 Å².